The SMILES string of the molecule is CC(C)(CCl)C(=O)NCC1CC(=O)N(Cc2ccccc2)C1. The maximum absolute atomic E-state index is 12.1. The van der Waals surface area contributed by atoms with Crippen molar-refractivity contribution in [3.8, 4) is 0 Å². The zero-order valence-electron chi connectivity index (χ0n) is 13.1. The number of amides is 2. The fourth-order valence-electron chi connectivity index (χ4n) is 2.48. The molecule has 1 atom stereocenters. The molecule has 1 aliphatic heterocycles. The van der Waals surface area contributed by atoms with Crippen LogP contribution in [-0.2, 0) is 16.1 Å². The summed E-state index contributed by atoms with van der Waals surface area (Å²) in [6.45, 7) is 5.48. The zero-order valence-corrected chi connectivity index (χ0v) is 13.9. The van der Waals surface area contributed by atoms with Gasteiger partial charge in [-0.05, 0) is 19.4 Å². The Labute approximate surface area is 136 Å². The molecule has 1 N–H and O–H groups in total. The highest BCUT2D eigenvalue weighted by Gasteiger charge is 2.31. The lowest BCUT2D eigenvalue weighted by molar-refractivity contribution is -0.129. The minimum atomic E-state index is -0.576. The average Bonchev–Trinajstić information content (AvgIpc) is 2.86. The molecule has 0 saturated carbocycles. The number of likely N-dealkylation sites (tertiary alicyclic amines) is 1. The lowest BCUT2D eigenvalue weighted by Gasteiger charge is -2.22. The van der Waals surface area contributed by atoms with E-state index in [4.69, 9.17) is 11.6 Å². The predicted octanol–water partition coefficient (Wildman–Crippen LogP) is 2.42. The first-order valence-corrected chi connectivity index (χ1v) is 8.12. The van der Waals surface area contributed by atoms with E-state index >= 15 is 0 Å². The van der Waals surface area contributed by atoms with Gasteiger partial charge in [-0.25, -0.2) is 0 Å². The fourth-order valence-corrected chi connectivity index (χ4v) is 2.61. The second kappa shape index (κ2) is 7.14. The van der Waals surface area contributed by atoms with Gasteiger partial charge in [0.2, 0.25) is 11.8 Å². The van der Waals surface area contributed by atoms with Crippen molar-refractivity contribution in [3.05, 3.63) is 35.9 Å². The van der Waals surface area contributed by atoms with Gasteiger partial charge < -0.3 is 10.2 Å². The Hall–Kier alpha value is -1.55. The quantitative estimate of drug-likeness (QED) is 0.818. The number of carbonyl (C=O) groups is 2. The van der Waals surface area contributed by atoms with Crippen LogP contribution in [-0.4, -0.2) is 35.7 Å². The molecule has 1 saturated heterocycles. The van der Waals surface area contributed by atoms with E-state index in [1.807, 2.05) is 49.1 Å². The Kier molecular flexibility index (Phi) is 5.46. The first-order chi connectivity index (χ1) is 10.4. The van der Waals surface area contributed by atoms with Gasteiger partial charge in [-0.15, -0.1) is 11.6 Å². The molecule has 120 valence electrons. The van der Waals surface area contributed by atoms with E-state index < -0.39 is 5.41 Å². The molecule has 0 radical (unpaired) electrons. The van der Waals surface area contributed by atoms with Crippen molar-refractivity contribution in [3.63, 3.8) is 0 Å². The van der Waals surface area contributed by atoms with Crippen molar-refractivity contribution < 1.29 is 9.59 Å². The third kappa shape index (κ3) is 4.23. The molecule has 1 fully saturated rings. The minimum absolute atomic E-state index is 0.0588. The molecular formula is C17H23ClN2O2. The molecule has 0 spiro atoms. The summed E-state index contributed by atoms with van der Waals surface area (Å²) in [6.07, 6.45) is 0.494. The summed E-state index contributed by atoms with van der Waals surface area (Å²) in [5, 5.41) is 2.92. The van der Waals surface area contributed by atoms with Gasteiger partial charge in [0, 0.05) is 37.9 Å². The summed E-state index contributed by atoms with van der Waals surface area (Å²) in [5.74, 6) is 0.546. The maximum atomic E-state index is 12.1. The molecule has 22 heavy (non-hydrogen) atoms. The van der Waals surface area contributed by atoms with E-state index in [2.05, 4.69) is 5.32 Å². The number of hydrogen-bond acceptors (Lipinski definition) is 2. The van der Waals surface area contributed by atoms with Crippen LogP contribution in [0, 0.1) is 11.3 Å². The highest BCUT2D eigenvalue weighted by Crippen LogP contribution is 2.21. The van der Waals surface area contributed by atoms with Gasteiger partial charge >= 0.3 is 0 Å². The van der Waals surface area contributed by atoms with Crippen LogP contribution in [0.4, 0.5) is 0 Å². The van der Waals surface area contributed by atoms with Crippen LogP contribution in [0.1, 0.15) is 25.8 Å². The monoisotopic (exact) mass is 322 g/mol. The predicted molar refractivity (Wildman–Crippen MR) is 87.5 cm³/mol. The number of nitrogens with zero attached hydrogens (tertiary/aromatic N) is 1. The van der Waals surface area contributed by atoms with Crippen LogP contribution in [0.15, 0.2) is 30.3 Å². The topological polar surface area (TPSA) is 49.4 Å². The maximum Gasteiger partial charge on any atom is 0.226 e. The van der Waals surface area contributed by atoms with E-state index in [1.54, 1.807) is 0 Å². The van der Waals surface area contributed by atoms with Gasteiger partial charge in [-0.1, -0.05) is 30.3 Å². The third-order valence-corrected chi connectivity index (χ3v) is 4.68. The number of hydrogen-bond donors (Lipinski definition) is 1. The lowest BCUT2D eigenvalue weighted by atomic mass is 9.95. The van der Waals surface area contributed by atoms with Crippen LogP contribution < -0.4 is 5.32 Å². The number of carbonyl (C=O) groups excluding carboxylic acids is 2. The van der Waals surface area contributed by atoms with E-state index in [-0.39, 0.29) is 23.6 Å². The average molecular weight is 323 g/mol. The first-order valence-electron chi connectivity index (χ1n) is 7.58. The molecule has 1 heterocycles. The van der Waals surface area contributed by atoms with Crippen LogP contribution in [0.3, 0.4) is 0 Å². The molecule has 2 rings (SSSR count). The Bertz CT molecular complexity index is 531. The van der Waals surface area contributed by atoms with Crippen molar-refractivity contribution in [1.29, 1.82) is 0 Å². The van der Waals surface area contributed by atoms with E-state index in [0.29, 0.717) is 26.1 Å². The van der Waals surface area contributed by atoms with E-state index in [1.165, 1.54) is 0 Å². The van der Waals surface area contributed by atoms with Crippen molar-refractivity contribution >= 4 is 23.4 Å². The van der Waals surface area contributed by atoms with Gasteiger partial charge in [0.15, 0.2) is 0 Å². The molecule has 1 aliphatic rings. The molecule has 2 amide bonds. The molecular weight excluding hydrogens is 300 g/mol. The molecule has 1 unspecified atom stereocenters. The Morgan fingerprint density at radius 3 is 2.68 bits per heavy atom. The highest BCUT2D eigenvalue weighted by molar-refractivity contribution is 6.19. The number of benzene rings is 1. The van der Waals surface area contributed by atoms with Crippen molar-refractivity contribution in [1.82, 2.24) is 10.2 Å². The smallest absolute Gasteiger partial charge is 0.226 e. The molecule has 0 aromatic heterocycles. The minimum Gasteiger partial charge on any atom is -0.355 e. The van der Waals surface area contributed by atoms with Gasteiger partial charge in [-0.3, -0.25) is 9.59 Å². The summed E-state index contributed by atoms with van der Waals surface area (Å²) in [4.78, 5) is 26.0. The number of halogens is 1. The number of alkyl halides is 1. The molecule has 0 bridgehead atoms. The fraction of sp³-hybridized carbons (Fsp3) is 0.529. The summed E-state index contributed by atoms with van der Waals surface area (Å²) < 4.78 is 0. The zero-order chi connectivity index (χ0) is 16.2. The second-order valence-electron chi connectivity index (χ2n) is 6.56. The molecule has 4 nitrogen and oxygen atoms in total. The van der Waals surface area contributed by atoms with Gasteiger partial charge in [0.05, 0.1) is 5.41 Å². The molecule has 0 aliphatic carbocycles. The van der Waals surface area contributed by atoms with Crippen molar-refractivity contribution in [2.24, 2.45) is 11.3 Å². The summed E-state index contributed by atoms with van der Waals surface area (Å²) >= 11 is 5.80. The summed E-state index contributed by atoms with van der Waals surface area (Å²) in [7, 11) is 0. The molecule has 1 aromatic carbocycles. The first kappa shape index (κ1) is 16.8. The van der Waals surface area contributed by atoms with Crippen molar-refractivity contribution in [2.75, 3.05) is 19.0 Å². The summed E-state index contributed by atoms with van der Waals surface area (Å²) in [6, 6.07) is 9.95. The van der Waals surface area contributed by atoms with Crippen LogP contribution >= 0.6 is 11.6 Å². The standard InChI is InChI=1S/C17H23ClN2O2/c1-17(2,12-18)16(22)19-9-14-8-15(21)20(11-14)10-13-6-4-3-5-7-13/h3-7,14H,8-12H2,1-2H3,(H,19,22). The van der Waals surface area contributed by atoms with Crippen molar-refractivity contribution in [2.45, 2.75) is 26.8 Å². The van der Waals surface area contributed by atoms with E-state index in [9.17, 15) is 9.59 Å². The molecule has 5 heteroatoms. The molecule has 1 aromatic rings. The Morgan fingerprint density at radius 1 is 1.36 bits per heavy atom. The second-order valence-corrected chi connectivity index (χ2v) is 6.82. The third-order valence-electron chi connectivity index (χ3n) is 4.01. The Morgan fingerprint density at radius 2 is 2.05 bits per heavy atom. The van der Waals surface area contributed by atoms with Gasteiger partial charge in [0.1, 0.15) is 0 Å². The lowest BCUT2D eigenvalue weighted by Crippen LogP contribution is -2.40. The normalized spacial score (nSPS) is 18.6. The van der Waals surface area contributed by atoms with Crippen LogP contribution in [0.25, 0.3) is 0 Å². The largest absolute Gasteiger partial charge is 0.355 e. The van der Waals surface area contributed by atoms with Gasteiger partial charge in [0.25, 0.3) is 0 Å². The number of nitrogens with one attached hydrogen (secondary N) is 1. The summed E-state index contributed by atoms with van der Waals surface area (Å²) in [5.41, 5.74) is 0.553. The van der Waals surface area contributed by atoms with Crippen LogP contribution in [0.5, 0.6) is 0 Å². The Balaban J connectivity index is 1.84. The van der Waals surface area contributed by atoms with Gasteiger partial charge in [-0.2, -0.15) is 0 Å². The number of rotatable bonds is 6. The van der Waals surface area contributed by atoms with E-state index in [0.717, 1.165) is 5.56 Å². The highest BCUT2D eigenvalue weighted by atomic mass is 35.5. The van der Waals surface area contributed by atoms with Crippen LogP contribution in [0.2, 0.25) is 0 Å².